The third-order valence-corrected chi connectivity index (χ3v) is 6.45. The van der Waals surface area contributed by atoms with Crippen LogP contribution in [-0.4, -0.2) is 30.6 Å². The molecule has 0 aliphatic carbocycles. The first kappa shape index (κ1) is 24.8. The zero-order valence-electron chi connectivity index (χ0n) is 20.0. The van der Waals surface area contributed by atoms with E-state index >= 15 is 0 Å². The first-order valence-electron chi connectivity index (χ1n) is 11.9. The lowest BCUT2D eigenvalue weighted by atomic mass is 9.83. The Morgan fingerprint density at radius 1 is 0.528 bits per heavy atom. The molecule has 0 saturated carbocycles. The molecule has 0 aliphatic rings. The summed E-state index contributed by atoms with van der Waals surface area (Å²) < 4.78 is 0. The normalized spacial score (nSPS) is 11.2. The summed E-state index contributed by atoms with van der Waals surface area (Å²) in [5.41, 5.74) is 4.13. The second-order valence-electron chi connectivity index (χ2n) is 9.11. The van der Waals surface area contributed by atoms with Gasteiger partial charge in [0.05, 0.1) is 0 Å². The molecule has 0 spiro atoms. The molecule has 4 aromatic carbocycles. The molecule has 186 valence electrons. The van der Waals surface area contributed by atoms with Crippen LogP contribution in [0.1, 0.15) is 59.1 Å². The van der Waals surface area contributed by atoms with Crippen LogP contribution >= 0.6 is 0 Å². The van der Waals surface area contributed by atoms with Crippen LogP contribution in [0.15, 0.2) is 72.8 Å². The van der Waals surface area contributed by atoms with Crippen molar-refractivity contribution in [3.63, 3.8) is 0 Å². The van der Waals surface area contributed by atoms with E-state index in [4.69, 9.17) is 0 Å². The molecule has 0 bridgehead atoms. The Balaban J connectivity index is 1.74. The van der Waals surface area contributed by atoms with Crippen molar-refractivity contribution < 1.29 is 30.6 Å². The summed E-state index contributed by atoms with van der Waals surface area (Å²) >= 11 is 0. The van der Waals surface area contributed by atoms with Gasteiger partial charge in [-0.2, -0.15) is 0 Å². The smallest absolute Gasteiger partial charge is 0.123 e. The summed E-state index contributed by atoms with van der Waals surface area (Å²) in [4.78, 5) is 0. The maximum Gasteiger partial charge on any atom is 0.123 e. The molecule has 0 aromatic heterocycles. The lowest BCUT2D eigenvalue weighted by Crippen LogP contribution is -2.05. The van der Waals surface area contributed by atoms with Crippen molar-refractivity contribution in [2.24, 2.45) is 0 Å². The minimum Gasteiger partial charge on any atom is -0.508 e. The molecule has 6 heteroatoms. The monoisotopic (exact) mass is 486 g/mol. The second kappa shape index (κ2) is 10.5. The van der Waals surface area contributed by atoms with Gasteiger partial charge in [-0.05, 0) is 65.1 Å². The molecule has 6 nitrogen and oxygen atoms in total. The molecular weight excluding hydrogens is 456 g/mol. The van der Waals surface area contributed by atoms with Crippen LogP contribution in [0.5, 0.6) is 34.5 Å². The van der Waals surface area contributed by atoms with Gasteiger partial charge >= 0.3 is 0 Å². The Morgan fingerprint density at radius 2 is 0.917 bits per heavy atom. The Labute approximate surface area is 210 Å². The number of phenolic OH excluding ortho intramolecular Hbond substituents is 6. The molecule has 6 N–H and O–H groups in total. The average molecular weight is 487 g/mol. The van der Waals surface area contributed by atoms with Crippen LogP contribution in [0.4, 0.5) is 0 Å². The number of rotatable bonds is 8. The molecule has 0 saturated heterocycles. The maximum atomic E-state index is 10.8. The van der Waals surface area contributed by atoms with E-state index in [1.165, 1.54) is 12.1 Å². The van der Waals surface area contributed by atoms with Gasteiger partial charge in [0.1, 0.15) is 34.5 Å². The van der Waals surface area contributed by atoms with Crippen molar-refractivity contribution in [2.75, 3.05) is 0 Å². The third kappa shape index (κ3) is 5.49. The number of aromatic hydroxyl groups is 6. The molecule has 0 heterocycles. The molecule has 4 aromatic rings. The van der Waals surface area contributed by atoms with Crippen LogP contribution in [0.2, 0.25) is 0 Å². The van der Waals surface area contributed by atoms with E-state index in [-0.39, 0.29) is 40.4 Å². The quantitative estimate of drug-likeness (QED) is 0.181. The van der Waals surface area contributed by atoms with Crippen molar-refractivity contribution in [3.05, 3.63) is 106 Å². The highest BCUT2D eigenvalue weighted by Crippen LogP contribution is 2.43. The van der Waals surface area contributed by atoms with E-state index < -0.39 is 0 Å². The Morgan fingerprint density at radius 3 is 1.28 bits per heavy atom. The maximum absolute atomic E-state index is 10.8. The van der Waals surface area contributed by atoms with Crippen molar-refractivity contribution in [1.82, 2.24) is 0 Å². The number of phenols is 6. The van der Waals surface area contributed by atoms with E-state index in [1.54, 1.807) is 60.7 Å². The van der Waals surface area contributed by atoms with Crippen LogP contribution in [0, 0.1) is 0 Å². The van der Waals surface area contributed by atoms with Crippen LogP contribution in [-0.2, 0) is 12.8 Å². The first-order valence-corrected chi connectivity index (χ1v) is 11.9. The fourth-order valence-corrected chi connectivity index (χ4v) is 4.56. The van der Waals surface area contributed by atoms with E-state index in [2.05, 4.69) is 0 Å². The summed E-state index contributed by atoms with van der Waals surface area (Å²) in [5.74, 6) is -0.300. The molecule has 36 heavy (non-hydrogen) atoms. The molecule has 0 atom stereocenters. The fourth-order valence-electron chi connectivity index (χ4n) is 4.56. The summed E-state index contributed by atoms with van der Waals surface area (Å²) in [6.45, 7) is 2.01. The highest BCUT2D eigenvalue weighted by atomic mass is 16.3. The zero-order valence-corrected chi connectivity index (χ0v) is 20.0. The summed E-state index contributed by atoms with van der Waals surface area (Å²) in [5, 5.41) is 61.8. The van der Waals surface area contributed by atoms with Crippen LogP contribution < -0.4 is 0 Å². The average Bonchev–Trinajstić information content (AvgIpc) is 2.84. The largest absolute Gasteiger partial charge is 0.508 e. The summed E-state index contributed by atoms with van der Waals surface area (Å²) in [6.07, 6.45) is 2.18. The Kier molecular flexibility index (Phi) is 7.25. The second-order valence-corrected chi connectivity index (χ2v) is 9.11. The van der Waals surface area contributed by atoms with Gasteiger partial charge in [-0.3, -0.25) is 0 Å². The number of benzene rings is 4. The molecule has 4 rings (SSSR count). The van der Waals surface area contributed by atoms with Gasteiger partial charge in [-0.15, -0.1) is 0 Å². The lowest BCUT2D eigenvalue weighted by molar-refractivity contribution is 0.431. The minimum absolute atomic E-state index is 0.0393. The lowest BCUT2D eigenvalue weighted by Gasteiger charge is -2.22. The zero-order chi connectivity index (χ0) is 25.8. The van der Waals surface area contributed by atoms with Crippen LogP contribution in [0.25, 0.3) is 0 Å². The van der Waals surface area contributed by atoms with Gasteiger partial charge in [0.15, 0.2) is 0 Å². The van der Waals surface area contributed by atoms with Crippen LogP contribution in [0.3, 0.4) is 0 Å². The van der Waals surface area contributed by atoms with Gasteiger partial charge in [0, 0.05) is 42.0 Å². The van der Waals surface area contributed by atoms with Gasteiger partial charge in [-0.25, -0.2) is 0 Å². The third-order valence-electron chi connectivity index (χ3n) is 6.45. The highest BCUT2D eigenvalue weighted by Gasteiger charge is 2.24. The predicted octanol–water partition coefficient (Wildman–Crippen LogP) is 6.03. The van der Waals surface area contributed by atoms with Crippen molar-refractivity contribution in [3.8, 4) is 34.5 Å². The Hall–Kier alpha value is -4.32. The minimum atomic E-state index is -0.381. The fraction of sp³-hybridized carbons (Fsp3) is 0.200. The number of hydrogen-bond donors (Lipinski definition) is 6. The molecular formula is C30H30O6. The molecule has 0 fully saturated rings. The van der Waals surface area contributed by atoms with Gasteiger partial charge < -0.3 is 30.6 Å². The summed E-state index contributed by atoms with van der Waals surface area (Å²) in [6, 6.07) is 19.6. The van der Waals surface area contributed by atoms with E-state index in [0.717, 1.165) is 17.5 Å². The highest BCUT2D eigenvalue weighted by molar-refractivity contribution is 5.55. The van der Waals surface area contributed by atoms with E-state index in [1.807, 2.05) is 6.92 Å². The number of hydrogen-bond acceptors (Lipinski definition) is 6. The van der Waals surface area contributed by atoms with Crippen molar-refractivity contribution in [1.29, 1.82) is 0 Å². The van der Waals surface area contributed by atoms with E-state index in [0.29, 0.717) is 41.5 Å². The molecule has 0 unspecified atom stereocenters. The first-order chi connectivity index (χ1) is 17.2. The summed E-state index contributed by atoms with van der Waals surface area (Å²) in [7, 11) is 0. The molecule has 0 aliphatic heterocycles. The molecule has 0 radical (unpaired) electrons. The van der Waals surface area contributed by atoms with E-state index in [9.17, 15) is 30.6 Å². The van der Waals surface area contributed by atoms with Crippen molar-refractivity contribution in [2.45, 2.75) is 38.5 Å². The molecule has 0 amide bonds. The Bertz CT molecular complexity index is 1240. The topological polar surface area (TPSA) is 121 Å². The van der Waals surface area contributed by atoms with Gasteiger partial charge in [0.25, 0.3) is 0 Å². The van der Waals surface area contributed by atoms with Gasteiger partial charge in [-0.1, -0.05) is 37.6 Å². The van der Waals surface area contributed by atoms with Gasteiger partial charge in [0.2, 0.25) is 0 Å². The standard InChI is InChI=1S/C30H30O6/c1-2-3-24(25-14-20(27(33)16-29(25)35)12-18-4-8-22(31)9-5-18)26-15-21(28(34)17-30(26)36)13-19-6-10-23(32)11-7-19/h4-11,14-17,24,31-36H,2-3,12-13H2,1H3. The SMILES string of the molecule is CCCC(c1cc(Cc2ccc(O)cc2)c(O)cc1O)c1cc(Cc2ccc(O)cc2)c(O)cc1O. The predicted molar refractivity (Wildman–Crippen MR) is 138 cm³/mol. The van der Waals surface area contributed by atoms with Crippen molar-refractivity contribution >= 4 is 0 Å².